The SMILES string of the molecule is Clc1ccc(-c2csc(N/N=C/c3ccc(-n4cncn4)cc3)n2)c(Cl)c1. The monoisotopic (exact) mass is 414 g/mol. The molecule has 0 saturated heterocycles. The summed E-state index contributed by atoms with van der Waals surface area (Å²) < 4.78 is 1.69. The minimum Gasteiger partial charge on any atom is -0.253 e. The summed E-state index contributed by atoms with van der Waals surface area (Å²) in [6, 6.07) is 13.1. The van der Waals surface area contributed by atoms with E-state index in [1.54, 1.807) is 29.4 Å². The van der Waals surface area contributed by atoms with Crippen molar-refractivity contribution < 1.29 is 0 Å². The van der Waals surface area contributed by atoms with Crippen molar-refractivity contribution in [3.05, 3.63) is 76.1 Å². The quantitative estimate of drug-likeness (QED) is 0.362. The topological polar surface area (TPSA) is 68.0 Å². The normalized spacial score (nSPS) is 11.2. The molecule has 2 aromatic heterocycles. The van der Waals surface area contributed by atoms with E-state index >= 15 is 0 Å². The van der Waals surface area contributed by atoms with E-state index in [9.17, 15) is 0 Å². The van der Waals surface area contributed by atoms with Crippen molar-refractivity contribution in [1.29, 1.82) is 0 Å². The van der Waals surface area contributed by atoms with Gasteiger partial charge in [0, 0.05) is 16.0 Å². The van der Waals surface area contributed by atoms with E-state index in [4.69, 9.17) is 23.2 Å². The minimum absolute atomic E-state index is 0.565. The Hall–Kier alpha value is -2.74. The van der Waals surface area contributed by atoms with Gasteiger partial charge in [-0.2, -0.15) is 10.2 Å². The summed E-state index contributed by atoms with van der Waals surface area (Å²) in [5.74, 6) is 0. The van der Waals surface area contributed by atoms with Gasteiger partial charge in [-0.25, -0.2) is 14.6 Å². The standard InChI is InChI=1S/C18H12Cl2N6S/c19-13-3-6-15(16(20)7-13)17-9-27-18(24-17)25-22-8-12-1-4-14(5-2-12)26-11-21-10-23-26/h1-11H,(H,24,25)/b22-8+. The fraction of sp³-hybridized carbons (Fsp3) is 0. The largest absolute Gasteiger partial charge is 0.253 e. The molecule has 4 aromatic rings. The maximum atomic E-state index is 6.23. The number of hydrazone groups is 1. The molecular weight excluding hydrogens is 403 g/mol. The van der Waals surface area contributed by atoms with Crippen LogP contribution in [-0.4, -0.2) is 26.0 Å². The Labute approximate surface area is 169 Å². The number of benzene rings is 2. The molecule has 0 aliphatic rings. The minimum atomic E-state index is 0.565. The van der Waals surface area contributed by atoms with Crippen LogP contribution in [0.2, 0.25) is 10.0 Å². The van der Waals surface area contributed by atoms with Gasteiger partial charge in [0.2, 0.25) is 5.13 Å². The molecule has 0 unspecified atom stereocenters. The molecule has 2 aromatic carbocycles. The van der Waals surface area contributed by atoms with Crippen LogP contribution in [0.15, 0.2) is 65.6 Å². The van der Waals surface area contributed by atoms with Gasteiger partial charge in [-0.05, 0) is 35.9 Å². The molecule has 0 saturated carbocycles. The number of hydrogen-bond acceptors (Lipinski definition) is 6. The van der Waals surface area contributed by atoms with Crippen LogP contribution in [0.3, 0.4) is 0 Å². The average molecular weight is 415 g/mol. The van der Waals surface area contributed by atoms with E-state index in [-0.39, 0.29) is 0 Å². The third-order valence-corrected chi connectivity index (χ3v) is 4.96. The second kappa shape index (κ2) is 7.87. The van der Waals surface area contributed by atoms with Crippen LogP contribution in [0.5, 0.6) is 0 Å². The Kier molecular flexibility index (Phi) is 5.15. The summed E-state index contributed by atoms with van der Waals surface area (Å²) in [6.07, 6.45) is 4.87. The number of nitrogens with zero attached hydrogens (tertiary/aromatic N) is 5. The van der Waals surface area contributed by atoms with Gasteiger partial charge in [0.1, 0.15) is 12.7 Å². The smallest absolute Gasteiger partial charge is 0.203 e. The van der Waals surface area contributed by atoms with Crippen LogP contribution < -0.4 is 5.43 Å². The van der Waals surface area contributed by atoms with Gasteiger partial charge in [0.25, 0.3) is 0 Å². The van der Waals surface area contributed by atoms with E-state index in [2.05, 4.69) is 25.6 Å². The van der Waals surface area contributed by atoms with Gasteiger partial charge in [0.05, 0.1) is 22.6 Å². The zero-order chi connectivity index (χ0) is 18.6. The van der Waals surface area contributed by atoms with E-state index in [1.165, 1.54) is 17.7 Å². The second-order valence-electron chi connectivity index (χ2n) is 5.46. The fourth-order valence-corrected chi connectivity index (χ4v) is 3.53. The van der Waals surface area contributed by atoms with Crippen LogP contribution in [-0.2, 0) is 0 Å². The first kappa shape index (κ1) is 17.7. The predicted octanol–water partition coefficient (Wildman–Crippen LogP) is 5.14. The molecule has 0 fully saturated rings. The molecule has 6 nitrogen and oxygen atoms in total. The lowest BCUT2D eigenvalue weighted by Crippen LogP contribution is -1.95. The molecule has 0 spiro atoms. The first-order valence-corrected chi connectivity index (χ1v) is 9.48. The molecule has 27 heavy (non-hydrogen) atoms. The zero-order valence-corrected chi connectivity index (χ0v) is 16.1. The predicted molar refractivity (Wildman–Crippen MR) is 110 cm³/mol. The van der Waals surface area contributed by atoms with Crippen LogP contribution in [0.25, 0.3) is 16.9 Å². The Balaban J connectivity index is 1.42. The van der Waals surface area contributed by atoms with Gasteiger partial charge in [-0.3, -0.25) is 5.43 Å². The Bertz CT molecular complexity index is 1070. The third kappa shape index (κ3) is 4.16. The highest BCUT2D eigenvalue weighted by Crippen LogP contribution is 2.32. The summed E-state index contributed by atoms with van der Waals surface area (Å²) in [5.41, 5.74) is 6.42. The van der Waals surface area contributed by atoms with Gasteiger partial charge >= 0.3 is 0 Å². The zero-order valence-electron chi connectivity index (χ0n) is 13.8. The summed E-state index contributed by atoms with van der Waals surface area (Å²) in [5, 5.41) is 12.1. The van der Waals surface area contributed by atoms with Gasteiger partial charge in [-0.1, -0.05) is 35.3 Å². The highest BCUT2D eigenvalue weighted by atomic mass is 35.5. The van der Waals surface area contributed by atoms with E-state index in [0.29, 0.717) is 15.2 Å². The number of anilines is 1. The first-order valence-electron chi connectivity index (χ1n) is 7.84. The van der Waals surface area contributed by atoms with Gasteiger partial charge in [0.15, 0.2) is 0 Å². The molecular formula is C18H12Cl2N6S. The van der Waals surface area contributed by atoms with Crippen molar-refractivity contribution in [2.45, 2.75) is 0 Å². The molecule has 0 atom stereocenters. The van der Waals surface area contributed by atoms with Crippen LogP contribution in [0, 0.1) is 0 Å². The number of halogens is 2. The second-order valence-corrected chi connectivity index (χ2v) is 7.17. The maximum absolute atomic E-state index is 6.23. The summed E-state index contributed by atoms with van der Waals surface area (Å²) in [6.45, 7) is 0. The third-order valence-electron chi connectivity index (χ3n) is 3.66. The molecule has 134 valence electrons. The average Bonchev–Trinajstić information content (AvgIpc) is 3.34. The molecule has 1 N–H and O–H groups in total. The highest BCUT2D eigenvalue weighted by Gasteiger charge is 2.08. The molecule has 4 rings (SSSR count). The van der Waals surface area contributed by atoms with Crippen molar-refractivity contribution in [2.75, 3.05) is 5.43 Å². The van der Waals surface area contributed by atoms with E-state index in [0.717, 1.165) is 22.5 Å². The van der Waals surface area contributed by atoms with E-state index in [1.807, 2.05) is 35.7 Å². The summed E-state index contributed by atoms with van der Waals surface area (Å²) >= 11 is 13.6. The highest BCUT2D eigenvalue weighted by molar-refractivity contribution is 7.14. The van der Waals surface area contributed by atoms with Crippen molar-refractivity contribution >= 4 is 45.9 Å². The van der Waals surface area contributed by atoms with Crippen molar-refractivity contribution in [3.8, 4) is 16.9 Å². The maximum Gasteiger partial charge on any atom is 0.203 e. The molecule has 9 heteroatoms. The lowest BCUT2D eigenvalue weighted by Gasteiger charge is -2.01. The molecule has 0 radical (unpaired) electrons. The summed E-state index contributed by atoms with van der Waals surface area (Å²) in [7, 11) is 0. The van der Waals surface area contributed by atoms with Crippen LogP contribution >= 0.6 is 34.5 Å². The first-order chi connectivity index (χ1) is 13.2. The Morgan fingerprint density at radius 2 is 1.96 bits per heavy atom. The molecule has 0 amide bonds. The van der Waals surface area contributed by atoms with Gasteiger partial charge in [-0.15, -0.1) is 11.3 Å². The number of nitrogens with one attached hydrogen (secondary N) is 1. The van der Waals surface area contributed by atoms with Crippen LogP contribution in [0.4, 0.5) is 5.13 Å². The molecule has 2 heterocycles. The number of aromatic nitrogens is 4. The number of rotatable bonds is 5. The van der Waals surface area contributed by atoms with Gasteiger partial charge < -0.3 is 0 Å². The van der Waals surface area contributed by atoms with Crippen LogP contribution in [0.1, 0.15) is 5.56 Å². The van der Waals surface area contributed by atoms with Crippen molar-refractivity contribution in [2.24, 2.45) is 5.10 Å². The van der Waals surface area contributed by atoms with Crippen molar-refractivity contribution in [1.82, 2.24) is 19.7 Å². The van der Waals surface area contributed by atoms with E-state index < -0.39 is 0 Å². The Morgan fingerprint density at radius 3 is 2.70 bits per heavy atom. The summed E-state index contributed by atoms with van der Waals surface area (Å²) in [4.78, 5) is 8.43. The number of thiazole rings is 1. The lowest BCUT2D eigenvalue weighted by atomic mass is 10.2. The van der Waals surface area contributed by atoms with Crippen molar-refractivity contribution in [3.63, 3.8) is 0 Å². The molecule has 0 bridgehead atoms. The Morgan fingerprint density at radius 1 is 1.11 bits per heavy atom. The molecule has 0 aliphatic heterocycles. The molecule has 0 aliphatic carbocycles. The fourth-order valence-electron chi connectivity index (χ4n) is 2.36. The number of hydrogen-bond donors (Lipinski definition) is 1. The lowest BCUT2D eigenvalue weighted by molar-refractivity contribution is 0.879.